The Hall–Kier alpha value is -3.09. The van der Waals surface area contributed by atoms with E-state index in [2.05, 4.69) is 15.3 Å². The number of fused-ring (bicyclic) bond motifs is 1. The number of aryl methyl sites for hydroxylation is 1. The quantitative estimate of drug-likeness (QED) is 0.889. The van der Waals surface area contributed by atoms with Gasteiger partial charge in [0.15, 0.2) is 5.82 Å². The van der Waals surface area contributed by atoms with Gasteiger partial charge in [0, 0.05) is 5.71 Å². The molecule has 1 aromatic carbocycles. The molecule has 0 bridgehead atoms. The molecule has 25 heavy (non-hydrogen) atoms. The summed E-state index contributed by atoms with van der Waals surface area (Å²) in [4.78, 5) is 20.4. The molecule has 1 aliphatic heterocycles. The molecule has 0 saturated carbocycles. The van der Waals surface area contributed by atoms with Gasteiger partial charge in [0.25, 0.3) is 0 Å². The number of benzene rings is 1. The highest BCUT2D eigenvalue weighted by Gasteiger charge is 2.19. The molecule has 0 spiro atoms. The van der Waals surface area contributed by atoms with Crippen molar-refractivity contribution in [3.8, 4) is 5.75 Å². The van der Waals surface area contributed by atoms with Crippen molar-refractivity contribution in [2.24, 2.45) is 4.99 Å². The van der Waals surface area contributed by atoms with Crippen LogP contribution in [-0.4, -0.2) is 30.5 Å². The van der Waals surface area contributed by atoms with Crippen molar-refractivity contribution >= 4 is 29.1 Å². The summed E-state index contributed by atoms with van der Waals surface area (Å²) in [5.74, 6) is 1.44. The van der Waals surface area contributed by atoms with Gasteiger partial charge in [-0.25, -0.2) is 14.8 Å². The van der Waals surface area contributed by atoms with Crippen LogP contribution in [0.15, 0.2) is 35.3 Å². The highest BCUT2D eigenvalue weighted by Crippen LogP contribution is 2.34. The summed E-state index contributed by atoms with van der Waals surface area (Å²) >= 11 is 0. The van der Waals surface area contributed by atoms with Crippen LogP contribution in [0, 0.1) is 0 Å². The smallest absolute Gasteiger partial charge is 0.412 e. The molecule has 3 N–H and O–H groups in total. The van der Waals surface area contributed by atoms with Crippen LogP contribution in [0.3, 0.4) is 0 Å². The Morgan fingerprint density at radius 3 is 2.92 bits per heavy atom. The number of ether oxygens (including phenoxy) is 2. The fourth-order valence-electron chi connectivity index (χ4n) is 2.72. The average Bonchev–Trinajstić information content (AvgIpc) is 2.61. The Morgan fingerprint density at radius 1 is 1.32 bits per heavy atom. The second-order valence-corrected chi connectivity index (χ2v) is 5.54. The summed E-state index contributed by atoms with van der Waals surface area (Å²) in [6.45, 7) is 2.03. The Labute approximate surface area is 145 Å². The minimum Gasteiger partial charge on any atom is -0.497 e. The lowest BCUT2D eigenvalue weighted by Gasteiger charge is -2.18. The largest absolute Gasteiger partial charge is 0.497 e. The molecule has 0 unspecified atom stereocenters. The van der Waals surface area contributed by atoms with E-state index in [0.29, 0.717) is 18.1 Å². The number of methoxy groups -OCH3 is 1. The maximum absolute atomic E-state index is 11.5. The van der Waals surface area contributed by atoms with Crippen molar-refractivity contribution in [1.82, 2.24) is 4.98 Å². The van der Waals surface area contributed by atoms with E-state index in [4.69, 9.17) is 15.2 Å². The standard InChI is InChI=1S/C18H20N4O3/c1-3-25-18(23)22-15-10-12-7-8-14(20-16(12)17(19)21-15)11-5-4-6-13(9-11)24-2/h4-6,9-10H,3,7-8H2,1-2H3,(H3,19,21,22,23). The number of hydrogen-bond donors (Lipinski definition) is 2. The summed E-state index contributed by atoms with van der Waals surface area (Å²) in [5.41, 5.74) is 9.59. The number of nitrogens with one attached hydrogen (secondary N) is 1. The number of rotatable bonds is 4. The lowest BCUT2D eigenvalue weighted by Crippen LogP contribution is -2.16. The minimum atomic E-state index is -0.550. The predicted octanol–water partition coefficient (Wildman–Crippen LogP) is 3.31. The maximum Gasteiger partial charge on any atom is 0.412 e. The molecule has 1 aromatic heterocycles. The van der Waals surface area contributed by atoms with Crippen molar-refractivity contribution in [1.29, 1.82) is 0 Å². The van der Waals surface area contributed by atoms with Gasteiger partial charge in [-0.15, -0.1) is 0 Å². The molecule has 1 amide bonds. The number of aliphatic imine (C=N–C) groups is 1. The third-order valence-electron chi connectivity index (χ3n) is 3.89. The van der Waals surface area contributed by atoms with E-state index in [0.717, 1.165) is 35.4 Å². The van der Waals surface area contributed by atoms with Gasteiger partial charge in [-0.3, -0.25) is 5.32 Å². The lowest BCUT2D eigenvalue weighted by atomic mass is 9.97. The molecule has 0 saturated heterocycles. The molecule has 130 valence electrons. The number of aromatic nitrogens is 1. The highest BCUT2D eigenvalue weighted by molar-refractivity contribution is 6.04. The molecule has 7 heteroatoms. The third-order valence-corrected chi connectivity index (χ3v) is 3.89. The lowest BCUT2D eigenvalue weighted by molar-refractivity contribution is 0.168. The molecule has 3 rings (SSSR count). The van der Waals surface area contributed by atoms with E-state index in [1.54, 1.807) is 20.1 Å². The molecule has 2 aromatic rings. The van der Waals surface area contributed by atoms with Crippen LogP contribution in [0.1, 0.15) is 24.5 Å². The third kappa shape index (κ3) is 3.71. The van der Waals surface area contributed by atoms with E-state index >= 15 is 0 Å². The first-order valence-corrected chi connectivity index (χ1v) is 8.06. The fraction of sp³-hybridized carbons (Fsp3) is 0.278. The highest BCUT2D eigenvalue weighted by atomic mass is 16.5. The number of anilines is 2. The number of carbonyl (C=O) groups is 1. The Morgan fingerprint density at radius 2 is 2.16 bits per heavy atom. The van der Waals surface area contributed by atoms with Gasteiger partial charge >= 0.3 is 6.09 Å². The van der Waals surface area contributed by atoms with Gasteiger partial charge in [0.2, 0.25) is 0 Å². The van der Waals surface area contributed by atoms with E-state index in [-0.39, 0.29) is 5.82 Å². The van der Waals surface area contributed by atoms with Crippen LogP contribution in [-0.2, 0) is 11.2 Å². The summed E-state index contributed by atoms with van der Waals surface area (Å²) in [7, 11) is 1.64. The van der Waals surface area contributed by atoms with Gasteiger partial charge in [-0.05, 0) is 49.1 Å². The normalized spacial score (nSPS) is 12.8. The van der Waals surface area contributed by atoms with Crippen molar-refractivity contribution < 1.29 is 14.3 Å². The zero-order chi connectivity index (χ0) is 17.8. The molecule has 0 radical (unpaired) electrons. The van der Waals surface area contributed by atoms with Crippen molar-refractivity contribution in [3.63, 3.8) is 0 Å². The topological polar surface area (TPSA) is 98.8 Å². The SMILES string of the molecule is CCOC(=O)Nc1cc2c(c(N)n1)N=C(c1cccc(OC)c1)CC2. The summed E-state index contributed by atoms with van der Waals surface area (Å²) in [6, 6.07) is 9.55. The second-order valence-electron chi connectivity index (χ2n) is 5.54. The summed E-state index contributed by atoms with van der Waals surface area (Å²) in [5, 5.41) is 2.57. The van der Waals surface area contributed by atoms with Crippen LogP contribution in [0.5, 0.6) is 5.75 Å². The Bertz CT molecular complexity index is 833. The molecule has 0 fully saturated rings. The number of hydrogen-bond acceptors (Lipinski definition) is 6. The number of nitrogens with zero attached hydrogens (tertiary/aromatic N) is 2. The van der Waals surface area contributed by atoms with Crippen molar-refractivity contribution in [2.45, 2.75) is 19.8 Å². The van der Waals surface area contributed by atoms with Gasteiger partial charge in [-0.1, -0.05) is 12.1 Å². The minimum absolute atomic E-state index is 0.282. The van der Waals surface area contributed by atoms with E-state index in [1.165, 1.54) is 0 Å². The Kier molecular flexibility index (Phi) is 4.83. The first kappa shape index (κ1) is 16.8. The summed E-state index contributed by atoms with van der Waals surface area (Å²) < 4.78 is 10.1. The molecule has 0 aliphatic carbocycles. The number of nitrogen functional groups attached to an aromatic ring is 1. The average molecular weight is 340 g/mol. The molecular formula is C18H20N4O3. The molecule has 2 heterocycles. The second kappa shape index (κ2) is 7.21. The van der Waals surface area contributed by atoms with Crippen LogP contribution in [0.4, 0.5) is 22.1 Å². The van der Waals surface area contributed by atoms with E-state index < -0.39 is 6.09 Å². The number of amides is 1. The maximum atomic E-state index is 11.5. The molecular weight excluding hydrogens is 320 g/mol. The first-order valence-electron chi connectivity index (χ1n) is 8.06. The predicted molar refractivity (Wildman–Crippen MR) is 96.8 cm³/mol. The van der Waals surface area contributed by atoms with Gasteiger partial charge in [0.05, 0.1) is 13.7 Å². The first-order chi connectivity index (χ1) is 12.1. The monoisotopic (exact) mass is 340 g/mol. The zero-order valence-electron chi connectivity index (χ0n) is 14.2. The van der Waals surface area contributed by atoms with Gasteiger partial charge in [0.1, 0.15) is 17.3 Å². The van der Waals surface area contributed by atoms with Crippen LogP contribution >= 0.6 is 0 Å². The summed E-state index contributed by atoms with van der Waals surface area (Å²) in [6.07, 6.45) is 0.976. The van der Waals surface area contributed by atoms with Gasteiger partial charge in [-0.2, -0.15) is 0 Å². The van der Waals surface area contributed by atoms with E-state index in [9.17, 15) is 4.79 Å². The number of carbonyl (C=O) groups excluding carboxylic acids is 1. The van der Waals surface area contributed by atoms with E-state index in [1.807, 2.05) is 24.3 Å². The van der Waals surface area contributed by atoms with Crippen LogP contribution in [0.25, 0.3) is 0 Å². The molecule has 7 nitrogen and oxygen atoms in total. The van der Waals surface area contributed by atoms with Crippen molar-refractivity contribution in [3.05, 3.63) is 41.5 Å². The van der Waals surface area contributed by atoms with Crippen LogP contribution in [0.2, 0.25) is 0 Å². The molecule has 0 atom stereocenters. The fourth-order valence-corrected chi connectivity index (χ4v) is 2.72. The van der Waals surface area contributed by atoms with Crippen molar-refractivity contribution in [2.75, 3.05) is 24.8 Å². The van der Waals surface area contributed by atoms with Crippen LogP contribution < -0.4 is 15.8 Å². The van der Waals surface area contributed by atoms with Gasteiger partial charge < -0.3 is 15.2 Å². The Balaban J connectivity index is 1.90. The number of pyridine rings is 1. The zero-order valence-corrected chi connectivity index (χ0v) is 14.2. The molecule has 1 aliphatic rings. The number of nitrogens with two attached hydrogens (primary N) is 1.